The Balaban J connectivity index is 1.99. The molecule has 0 aliphatic carbocycles. The van der Waals surface area contributed by atoms with Crippen LogP contribution in [0.5, 0.6) is 5.75 Å². The number of nitrogens with zero attached hydrogens (tertiary/aromatic N) is 2. The van der Waals surface area contributed by atoms with Crippen LogP contribution in [-0.4, -0.2) is 16.2 Å². The molecule has 0 spiro atoms. The first kappa shape index (κ1) is 19.9. The molecule has 0 amide bonds. The second-order valence-electron chi connectivity index (χ2n) is 6.82. The maximum atomic E-state index is 13.3. The van der Waals surface area contributed by atoms with E-state index in [1.807, 2.05) is 49.4 Å². The van der Waals surface area contributed by atoms with E-state index in [0.717, 1.165) is 28.8 Å². The Morgan fingerprint density at radius 1 is 1.07 bits per heavy atom. The van der Waals surface area contributed by atoms with Crippen LogP contribution in [0.15, 0.2) is 65.6 Å². The van der Waals surface area contributed by atoms with Gasteiger partial charge in [-0.2, -0.15) is 0 Å². The second-order valence-corrected chi connectivity index (χ2v) is 6.82. The van der Waals surface area contributed by atoms with Gasteiger partial charge in [0.1, 0.15) is 11.4 Å². The third-order valence-corrected chi connectivity index (χ3v) is 4.73. The minimum Gasteiger partial charge on any atom is -0.494 e. The third kappa shape index (κ3) is 4.69. The van der Waals surface area contributed by atoms with Crippen LogP contribution in [0.25, 0.3) is 22.2 Å². The van der Waals surface area contributed by atoms with E-state index in [2.05, 4.69) is 24.1 Å². The van der Waals surface area contributed by atoms with E-state index < -0.39 is 0 Å². The molecule has 3 rings (SSSR count). The number of rotatable bonds is 9. The van der Waals surface area contributed by atoms with Gasteiger partial charge in [-0.1, -0.05) is 44.1 Å². The summed E-state index contributed by atoms with van der Waals surface area (Å²) >= 11 is 0. The molecule has 28 heavy (non-hydrogen) atoms. The molecule has 1 aromatic carbocycles. The van der Waals surface area contributed by atoms with E-state index in [1.54, 1.807) is 10.8 Å². The lowest BCUT2D eigenvalue weighted by Gasteiger charge is -2.11. The van der Waals surface area contributed by atoms with Crippen molar-refractivity contribution >= 4 is 11.0 Å². The summed E-state index contributed by atoms with van der Waals surface area (Å²) in [6, 6.07) is 13.5. The van der Waals surface area contributed by atoms with Crippen LogP contribution in [0.4, 0.5) is 0 Å². The van der Waals surface area contributed by atoms with Crippen molar-refractivity contribution in [2.75, 3.05) is 6.61 Å². The number of benzene rings is 1. The lowest BCUT2D eigenvalue weighted by atomic mass is 10.1. The predicted molar refractivity (Wildman–Crippen MR) is 116 cm³/mol. The van der Waals surface area contributed by atoms with Crippen LogP contribution in [0.1, 0.15) is 39.5 Å². The molecule has 4 heteroatoms. The number of allylic oxidation sites excluding steroid dienone is 2. The maximum Gasteiger partial charge on any atom is 0.260 e. The van der Waals surface area contributed by atoms with Crippen LogP contribution < -0.4 is 10.3 Å². The number of fused-ring (bicyclic) bond motifs is 1. The lowest BCUT2D eigenvalue weighted by molar-refractivity contribution is 0.340. The molecular weight excluding hydrogens is 348 g/mol. The van der Waals surface area contributed by atoms with Gasteiger partial charge < -0.3 is 4.74 Å². The first-order valence-electron chi connectivity index (χ1n) is 10.1. The van der Waals surface area contributed by atoms with Crippen molar-refractivity contribution in [3.63, 3.8) is 0 Å². The van der Waals surface area contributed by atoms with Gasteiger partial charge in [-0.05, 0) is 55.7 Å². The Morgan fingerprint density at radius 2 is 1.96 bits per heavy atom. The van der Waals surface area contributed by atoms with E-state index in [1.165, 1.54) is 19.3 Å². The molecule has 0 radical (unpaired) electrons. The number of ether oxygens (including phenoxy) is 1. The van der Waals surface area contributed by atoms with Gasteiger partial charge in [0, 0.05) is 23.7 Å². The zero-order chi connectivity index (χ0) is 19.8. The summed E-state index contributed by atoms with van der Waals surface area (Å²) in [5.74, 6) is 0.771. The Hall–Kier alpha value is -2.88. The largest absolute Gasteiger partial charge is 0.494 e. The Morgan fingerprint density at radius 3 is 2.79 bits per heavy atom. The average molecular weight is 377 g/mol. The molecule has 0 N–H and O–H groups in total. The summed E-state index contributed by atoms with van der Waals surface area (Å²) < 4.78 is 7.36. The van der Waals surface area contributed by atoms with Gasteiger partial charge in [-0.15, -0.1) is 0 Å². The van der Waals surface area contributed by atoms with E-state index in [0.29, 0.717) is 18.7 Å². The lowest BCUT2D eigenvalue weighted by Crippen LogP contribution is -2.22. The molecule has 3 aromatic rings. The summed E-state index contributed by atoms with van der Waals surface area (Å²) in [6.07, 6.45) is 10.7. The number of aromatic nitrogens is 2. The fraction of sp³-hybridized carbons (Fsp3) is 0.333. The molecule has 0 atom stereocenters. The van der Waals surface area contributed by atoms with Crippen LogP contribution in [0, 0.1) is 0 Å². The van der Waals surface area contributed by atoms with Crippen LogP contribution in [-0.2, 0) is 6.54 Å². The van der Waals surface area contributed by atoms with Crippen LogP contribution in [0.3, 0.4) is 0 Å². The van der Waals surface area contributed by atoms with Crippen molar-refractivity contribution in [3.8, 4) is 16.9 Å². The van der Waals surface area contributed by atoms with E-state index in [4.69, 9.17) is 4.74 Å². The van der Waals surface area contributed by atoms with E-state index in [-0.39, 0.29) is 5.56 Å². The summed E-state index contributed by atoms with van der Waals surface area (Å²) in [6.45, 7) is 5.27. The Bertz CT molecular complexity index is 1000. The monoisotopic (exact) mass is 376 g/mol. The van der Waals surface area contributed by atoms with Gasteiger partial charge in [0.05, 0.1) is 6.61 Å². The highest BCUT2D eigenvalue weighted by molar-refractivity contribution is 5.81. The topological polar surface area (TPSA) is 44.1 Å². The van der Waals surface area contributed by atoms with Crippen molar-refractivity contribution in [3.05, 3.63) is 71.2 Å². The van der Waals surface area contributed by atoms with Gasteiger partial charge in [-0.3, -0.25) is 9.36 Å². The fourth-order valence-electron chi connectivity index (χ4n) is 3.31. The van der Waals surface area contributed by atoms with Gasteiger partial charge in [0.15, 0.2) is 0 Å². The van der Waals surface area contributed by atoms with Gasteiger partial charge in [0.2, 0.25) is 0 Å². The molecule has 2 aromatic heterocycles. The summed E-state index contributed by atoms with van der Waals surface area (Å²) in [4.78, 5) is 17.7. The highest BCUT2D eigenvalue weighted by Crippen LogP contribution is 2.24. The summed E-state index contributed by atoms with van der Waals surface area (Å²) in [5, 5.41) is 0.957. The van der Waals surface area contributed by atoms with E-state index >= 15 is 0 Å². The molecule has 0 aliphatic rings. The van der Waals surface area contributed by atoms with E-state index in [9.17, 15) is 4.79 Å². The highest BCUT2D eigenvalue weighted by atomic mass is 16.5. The van der Waals surface area contributed by atoms with Gasteiger partial charge in [0.25, 0.3) is 5.56 Å². The number of hydrogen-bond acceptors (Lipinski definition) is 3. The molecule has 0 saturated carbocycles. The average Bonchev–Trinajstić information content (AvgIpc) is 2.72. The summed E-state index contributed by atoms with van der Waals surface area (Å²) in [5.41, 5.74) is 2.22. The van der Waals surface area contributed by atoms with Crippen molar-refractivity contribution in [1.82, 2.24) is 9.55 Å². The third-order valence-electron chi connectivity index (χ3n) is 4.73. The van der Waals surface area contributed by atoms with Crippen molar-refractivity contribution in [2.45, 2.75) is 46.1 Å². The van der Waals surface area contributed by atoms with Crippen LogP contribution >= 0.6 is 0 Å². The fourth-order valence-corrected chi connectivity index (χ4v) is 3.31. The molecular formula is C24H28N2O2. The van der Waals surface area contributed by atoms with Crippen molar-refractivity contribution in [2.24, 2.45) is 0 Å². The molecule has 0 bridgehead atoms. The van der Waals surface area contributed by atoms with Crippen LogP contribution in [0.2, 0.25) is 0 Å². The quantitative estimate of drug-likeness (QED) is 0.361. The van der Waals surface area contributed by atoms with Crippen molar-refractivity contribution < 1.29 is 4.74 Å². The number of hydrogen-bond donors (Lipinski definition) is 0. The number of pyridine rings is 2. The molecule has 4 nitrogen and oxygen atoms in total. The first-order chi connectivity index (χ1) is 13.7. The standard InChI is InChI=1S/C24H28N2O2/c1-3-5-6-7-8-9-16-26-23-20(13-11-15-25-23)18-22(24(26)27)19-12-10-14-21(17-19)28-4-2/h8-15,17-18H,3-7,16H2,1-2H3. The molecule has 146 valence electrons. The molecule has 0 saturated heterocycles. The predicted octanol–water partition coefficient (Wildman–Crippen LogP) is 5.60. The maximum absolute atomic E-state index is 13.3. The minimum atomic E-state index is -0.0296. The smallest absolute Gasteiger partial charge is 0.260 e. The summed E-state index contributed by atoms with van der Waals surface area (Å²) in [7, 11) is 0. The Labute approximate surface area is 166 Å². The van der Waals surface area contributed by atoms with Crippen molar-refractivity contribution in [1.29, 1.82) is 0 Å². The molecule has 0 fully saturated rings. The molecule has 0 unspecified atom stereocenters. The zero-order valence-corrected chi connectivity index (χ0v) is 16.7. The highest BCUT2D eigenvalue weighted by Gasteiger charge is 2.11. The second kappa shape index (κ2) is 9.88. The normalized spacial score (nSPS) is 11.4. The number of unbranched alkanes of at least 4 members (excludes halogenated alkanes) is 3. The zero-order valence-electron chi connectivity index (χ0n) is 16.7. The SMILES string of the molecule is CCCCCC=CCn1c(=O)c(-c2cccc(OCC)c2)cc2cccnc21. The minimum absolute atomic E-state index is 0.0296. The first-order valence-corrected chi connectivity index (χ1v) is 10.1. The Kier molecular flexibility index (Phi) is 7.01. The van der Waals surface area contributed by atoms with Gasteiger partial charge in [-0.25, -0.2) is 4.98 Å². The molecule has 0 aliphatic heterocycles. The van der Waals surface area contributed by atoms with Gasteiger partial charge >= 0.3 is 0 Å². The molecule has 2 heterocycles.